The number of fused-ring (bicyclic) bond motifs is 5. The molecular weight excluding hydrogens is 380 g/mol. The summed E-state index contributed by atoms with van der Waals surface area (Å²) in [7, 11) is 0. The van der Waals surface area contributed by atoms with Gasteiger partial charge in [0.25, 0.3) is 0 Å². The Bertz CT molecular complexity index is 637. The van der Waals surface area contributed by atoms with Crippen LogP contribution in [0.2, 0.25) is 0 Å². The summed E-state index contributed by atoms with van der Waals surface area (Å²) in [5, 5.41) is 0. The van der Waals surface area contributed by atoms with Crippen molar-refractivity contribution in [3.8, 4) is 0 Å². The summed E-state index contributed by atoms with van der Waals surface area (Å²) in [6.45, 7) is 14.4. The Morgan fingerprint density at radius 2 is 1.52 bits per heavy atom. The van der Waals surface area contributed by atoms with Gasteiger partial charge in [0.2, 0.25) is 0 Å². The second-order valence-corrected chi connectivity index (χ2v) is 13.5. The van der Waals surface area contributed by atoms with Crippen molar-refractivity contribution in [3.63, 3.8) is 0 Å². The predicted octanol–water partition coefficient (Wildman–Crippen LogP) is 7.85. The average molecular weight is 431 g/mol. The average Bonchev–Trinajstić information content (AvgIpc) is 3.32. The van der Waals surface area contributed by atoms with Crippen LogP contribution in [0.4, 0.5) is 0 Å². The van der Waals surface area contributed by atoms with Crippen LogP contribution >= 0.6 is 0 Å². The predicted molar refractivity (Wildman–Crippen MR) is 128 cm³/mol. The molecule has 0 unspecified atom stereocenters. The maximum absolute atomic E-state index is 6.16. The molecule has 0 radical (unpaired) electrons. The van der Waals surface area contributed by atoms with Gasteiger partial charge in [-0.2, -0.15) is 0 Å². The van der Waals surface area contributed by atoms with Gasteiger partial charge in [-0.1, -0.05) is 53.9 Å². The van der Waals surface area contributed by atoms with E-state index in [1.165, 1.54) is 70.6 Å². The minimum Gasteiger partial charge on any atom is -0.348 e. The highest BCUT2D eigenvalue weighted by Gasteiger charge is 2.62. The van der Waals surface area contributed by atoms with Crippen LogP contribution in [-0.4, -0.2) is 19.0 Å². The largest absolute Gasteiger partial charge is 0.348 e. The third kappa shape index (κ3) is 3.74. The highest BCUT2D eigenvalue weighted by Crippen LogP contribution is 2.69. The minimum atomic E-state index is -0.204. The Morgan fingerprint density at radius 3 is 2.26 bits per heavy atom. The first-order chi connectivity index (χ1) is 14.8. The number of hydrogen-bond acceptors (Lipinski definition) is 2. The molecule has 1 aliphatic heterocycles. The molecular formula is C29H50O2. The van der Waals surface area contributed by atoms with Crippen LogP contribution in [0, 0.1) is 52.3 Å². The lowest BCUT2D eigenvalue weighted by atomic mass is 9.44. The maximum atomic E-state index is 6.16. The number of hydrogen-bond donors (Lipinski definition) is 0. The standard InChI is InChI=1S/C29H50O2/c1-20(2)7-6-8-21(3)24-11-12-25-23-10-9-22-19-29(30-17-18-31-29)16-15-27(22,4)26(23)13-14-28(24,25)5/h20-26H,6-19H2,1-5H3/t21-,22+,23-,24-,25+,26+,27-,28-/m0/s1. The van der Waals surface area contributed by atoms with Crippen molar-refractivity contribution in [1.82, 2.24) is 0 Å². The molecule has 5 aliphatic rings. The number of rotatable bonds is 5. The van der Waals surface area contributed by atoms with Crippen LogP contribution in [0.5, 0.6) is 0 Å². The van der Waals surface area contributed by atoms with Crippen molar-refractivity contribution >= 4 is 0 Å². The molecule has 178 valence electrons. The molecule has 1 spiro atoms. The summed E-state index contributed by atoms with van der Waals surface area (Å²) in [6.07, 6.45) is 16.9. The Kier molecular flexibility index (Phi) is 6.08. The molecule has 4 aliphatic carbocycles. The minimum absolute atomic E-state index is 0.204. The van der Waals surface area contributed by atoms with Crippen molar-refractivity contribution in [3.05, 3.63) is 0 Å². The van der Waals surface area contributed by atoms with Crippen LogP contribution < -0.4 is 0 Å². The Labute approximate surface area is 192 Å². The van der Waals surface area contributed by atoms with Crippen molar-refractivity contribution in [2.24, 2.45) is 52.3 Å². The molecule has 2 nitrogen and oxygen atoms in total. The quantitative estimate of drug-likeness (QED) is 0.442. The summed E-state index contributed by atoms with van der Waals surface area (Å²) < 4.78 is 12.3. The van der Waals surface area contributed by atoms with Gasteiger partial charge in [0.05, 0.1) is 13.2 Å². The van der Waals surface area contributed by atoms with E-state index in [1.54, 1.807) is 0 Å². The zero-order valence-corrected chi connectivity index (χ0v) is 21.3. The van der Waals surface area contributed by atoms with E-state index in [-0.39, 0.29) is 5.79 Å². The van der Waals surface area contributed by atoms with Gasteiger partial charge in [0, 0.05) is 12.8 Å². The smallest absolute Gasteiger partial charge is 0.168 e. The van der Waals surface area contributed by atoms with Crippen molar-refractivity contribution in [2.75, 3.05) is 13.2 Å². The van der Waals surface area contributed by atoms with Crippen molar-refractivity contribution in [1.29, 1.82) is 0 Å². The molecule has 0 bridgehead atoms. The van der Waals surface area contributed by atoms with Crippen LogP contribution in [-0.2, 0) is 9.47 Å². The maximum Gasteiger partial charge on any atom is 0.168 e. The molecule has 5 rings (SSSR count). The zero-order valence-electron chi connectivity index (χ0n) is 21.3. The van der Waals surface area contributed by atoms with Gasteiger partial charge in [0.1, 0.15) is 0 Å². The monoisotopic (exact) mass is 430 g/mol. The fourth-order valence-electron chi connectivity index (χ4n) is 9.98. The van der Waals surface area contributed by atoms with Crippen LogP contribution in [0.3, 0.4) is 0 Å². The summed E-state index contributed by atoms with van der Waals surface area (Å²) >= 11 is 0. The summed E-state index contributed by atoms with van der Waals surface area (Å²) in [6, 6.07) is 0. The van der Waals surface area contributed by atoms with Gasteiger partial charge in [0.15, 0.2) is 5.79 Å². The summed E-state index contributed by atoms with van der Waals surface area (Å²) in [5.41, 5.74) is 1.15. The van der Waals surface area contributed by atoms with Crippen LogP contribution in [0.25, 0.3) is 0 Å². The molecule has 0 aromatic rings. The molecule has 0 amide bonds. The molecule has 5 fully saturated rings. The second-order valence-electron chi connectivity index (χ2n) is 13.5. The molecule has 1 saturated heterocycles. The zero-order chi connectivity index (χ0) is 21.9. The van der Waals surface area contributed by atoms with E-state index in [9.17, 15) is 0 Å². The molecule has 4 saturated carbocycles. The summed E-state index contributed by atoms with van der Waals surface area (Å²) in [4.78, 5) is 0. The van der Waals surface area contributed by atoms with E-state index < -0.39 is 0 Å². The number of ether oxygens (including phenoxy) is 2. The van der Waals surface area contributed by atoms with Gasteiger partial charge in [-0.3, -0.25) is 0 Å². The highest BCUT2D eigenvalue weighted by atomic mass is 16.7. The van der Waals surface area contributed by atoms with Gasteiger partial charge in [-0.25, -0.2) is 0 Å². The van der Waals surface area contributed by atoms with E-state index in [0.29, 0.717) is 10.8 Å². The molecule has 8 atom stereocenters. The van der Waals surface area contributed by atoms with E-state index in [1.807, 2.05) is 0 Å². The highest BCUT2D eigenvalue weighted by molar-refractivity contribution is 5.10. The van der Waals surface area contributed by atoms with Gasteiger partial charge in [-0.05, 0) is 97.2 Å². The Morgan fingerprint density at radius 1 is 0.774 bits per heavy atom. The van der Waals surface area contributed by atoms with Gasteiger partial charge >= 0.3 is 0 Å². The van der Waals surface area contributed by atoms with Gasteiger partial charge in [-0.15, -0.1) is 0 Å². The molecule has 0 aromatic heterocycles. The van der Waals surface area contributed by atoms with E-state index >= 15 is 0 Å². The first-order valence-corrected chi connectivity index (χ1v) is 14.1. The van der Waals surface area contributed by atoms with E-state index in [4.69, 9.17) is 9.47 Å². The fourth-order valence-corrected chi connectivity index (χ4v) is 9.98. The normalized spacial score (nSPS) is 47.2. The molecule has 0 aromatic carbocycles. The molecule has 2 heteroatoms. The third-order valence-electron chi connectivity index (χ3n) is 11.7. The van der Waals surface area contributed by atoms with Crippen molar-refractivity contribution < 1.29 is 9.47 Å². The van der Waals surface area contributed by atoms with E-state index in [2.05, 4.69) is 34.6 Å². The topological polar surface area (TPSA) is 18.5 Å². The van der Waals surface area contributed by atoms with Gasteiger partial charge < -0.3 is 9.47 Å². The Balaban J connectivity index is 1.28. The third-order valence-corrected chi connectivity index (χ3v) is 11.7. The lowest BCUT2D eigenvalue weighted by Crippen LogP contribution is -2.56. The first kappa shape index (κ1) is 22.7. The van der Waals surface area contributed by atoms with Crippen LogP contribution in [0.15, 0.2) is 0 Å². The molecule has 0 N–H and O–H groups in total. The lowest BCUT2D eigenvalue weighted by Gasteiger charge is -2.62. The second kappa shape index (κ2) is 8.30. The summed E-state index contributed by atoms with van der Waals surface area (Å²) in [5.74, 6) is 6.32. The van der Waals surface area contributed by atoms with E-state index in [0.717, 1.165) is 61.1 Å². The lowest BCUT2D eigenvalue weighted by molar-refractivity contribution is -0.229. The first-order valence-electron chi connectivity index (χ1n) is 14.1. The fraction of sp³-hybridized carbons (Fsp3) is 1.00. The van der Waals surface area contributed by atoms with Crippen molar-refractivity contribution in [2.45, 2.75) is 117 Å². The molecule has 1 heterocycles. The SMILES string of the molecule is CC(C)CCC[C@H](C)[C@@H]1CC[C@@H]2[C@@H]3CC[C@@H]4CC5(CC[C@]4(C)[C@@H]3CC[C@]21C)OCCO5. The molecule has 31 heavy (non-hydrogen) atoms. The van der Waals surface area contributed by atoms with Crippen LogP contribution in [0.1, 0.15) is 112 Å². The Hall–Kier alpha value is -0.0800.